The summed E-state index contributed by atoms with van der Waals surface area (Å²) in [6, 6.07) is 10.0. The van der Waals surface area contributed by atoms with E-state index in [0.29, 0.717) is 49.7 Å². The summed E-state index contributed by atoms with van der Waals surface area (Å²) in [5, 5.41) is 22.6. The normalized spacial score (nSPS) is 19.4. The second kappa shape index (κ2) is 12.9. The molecule has 0 bridgehead atoms. The Morgan fingerprint density at radius 3 is 2.46 bits per heavy atom. The molecule has 0 spiro atoms. The maximum absolute atomic E-state index is 13.3. The molecule has 0 radical (unpaired) electrons. The maximum atomic E-state index is 13.3. The maximum Gasteiger partial charge on any atom is 0.295 e. The van der Waals surface area contributed by atoms with Crippen molar-refractivity contribution in [2.75, 3.05) is 46.0 Å². The topological polar surface area (TPSA) is 122 Å². The summed E-state index contributed by atoms with van der Waals surface area (Å²) >= 11 is 0. The van der Waals surface area contributed by atoms with Crippen molar-refractivity contribution in [1.82, 2.24) is 9.80 Å². The van der Waals surface area contributed by atoms with Crippen LogP contribution in [0, 0.1) is 17.0 Å². The second-order valence-electron chi connectivity index (χ2n) is 9.83. The molecule has 208 valence electrons. The Kier molecular flexibility index (Phi) is 9.32. The standard InChI is InChI=1S/C29H35N3O7/c1-3-4-16-39-24-11-8-22(19-20(24)2)27(33)25-26(21-6-9-23(10-7-21)32(36)37)31(29(35)28(25)34)13-5-12-30-14-17-38-18-15-30/h6-11,19,26,33H,3-5,12-18H2,1-2H3/t26-/m0/s1. The first kappa shape index (κ1) is 28.3. The molecule has 2 aliphatic heterocycles. The molecule has 2 fully saturated rings. The first-order valence-electron chi connectivity index (χ1n) is 13.4. The molecule has 2 aliphatic rings. The lowest BCUT2D eigenvalue weighted by molar-refractivity contribution is -0.384. The number of likely N-dealkylation sites (tertiary alicyclic amines) is 1. The van der Waals surface area contributed by atoms with Crippen molar-refractivity contribution in [1.29, 1.82) is 0 Å². The Morgan fingerprint density at radius 2 is 1.82 bits per heavy atom. The number of hydrogen-bond donors (Lipinski definition) is 1. The number of carbonyl (C=O) groups is 2. The Balaban J connectivity index is 1.66. The van der Waals surface area contributed by atoms with Crippen LogP contribution in [-0.2, 0) is 14.3 Å². The van der Waals surface area contributed by atoms with E-state index >= 15 is 0 Å². The minimum Gasteiger partial charge on any atom is -0.507 e. The van der Waals surface area contributed by atoms with Crippen LogP contribution in [0.1, 0.15) is 48.9 Å². The van der Waals surface area contributed by atoms with Crippen molar-refractivity contribution in [2.24, 2.45) is 0 Å². The molecule has 1 N–H and O–H groups in total. The van der Waals surface area contributed by atoms with E-state index in [1.807, 2.05) is 6.92 Å². The van der Waals surface area contributed by atoms with E-state index in [1.165, 1.54) is 29.2 Å². The first-order valence-corrected chi connectivity index (χ1v) is 13.4. The van der Waals surface area contributed by atoms with E-state index in [0.717, 1.165) is 38.0 Å². The van der Waals surface area contributed by atoms with Crippen LogP contribution in [0.5, 0.6) is 5.75 Å². The van der Waals surface area contributed by atoms with Gasteiger partial charge in [-0.05, 0) is 61.2 Å². The van der Waals surface area contributed by atoms with Crippen LogP contribution in [0.25, 0.3) is 5.76 Å². The monoisotopic (exact) mass is 537 g/mol. The number of unbranched alkanes of at least 4 members (excludes halogenated alkanes) is 1. The quantitative estimate of drug-likeness (QED) is 0.113. The smallest absolute Gasteiger partial charge is 0.295 e. The van der Waals surface area contributed by atoms with Gasteiger partial charge in [0.2, 0.25) is 0 Å². The summed E-state index contributed by atoms with van der Waals surface area (Å²) in [6.07, 6.45) is 2.55. The summed E-state index contributed by atoms with van der Waals surface area (Å²) in [5.74, 6) is -1.06. The fourth-order valence-corrected chi connectivity index (χ4v) is 4.97. The number of non-ortho nitro benzene ring substituents is 1. The number of nitro benzene ring substituents is 1. The number of carbonyl (C=O) groups excluding carboxylic acids is 2. The zero-order valence-electron chi connectivity index (χ0n) is 22.4. The highest BCUT2D eigenvalue weighted by atomic mass is 16.6. The van der Waals surface area contributed by atoms with Crippen molar-refractivity contribution >= 4 is 23.1 Å². The minimum absolute atomic E-state index is 0.0284. The number of rotatable bonds is 11. The fraction of sp³-hybridized carbons (Fsp3) is 0.448. The van der Waals surface area contributed by atoms with Crippen LogP contribution in [0.4, 0.5) is 5.69 Å². The Labute approximate surface area is 228 Å². The summed E-state index contributed by atoms with van der Waals surface area (Å²) in [7, 11) is 0. The van der Waals surface area contributed by atoms with Gasteiger partial charge in [-0.25, -0.2) is 0 Å². The molecule has 0 aromatic heterocycles. The van der Waals surface area contributed by atoms with Gasteiger partial charge in [-0.2, -0.15) is 0 Å². The second-order valence-corrected chi connectivity index (χ2v) is 9.83. The van der Waals surface area contributed by atoms with Crippen LogP contribution < -0.4 is 4.74 Å². The number of aliphatic hydroxyl groups excluding tert-OH is 1. The molecule has 10 heteroatoms. The highest BCUT2D eigenvalue weighted by Crippen LogP contribution is 2.40. The Bertz CT molecular complexity index is 1240. The lowest BCUT2D eigenvalue weighted by atomic mass is 9.94. The first-order chi connectivity index (χ1) is 18.8. The number of morpholine rings is 1. The van der Waals surface area contributed by atoms with Crippen molar-refractivity contribution in [2.45, 2.75) is 39.2 Å². The molecule has 0 unspecified atom stereocenters. The van der Waals surface area contributed by atoms with E-state index in [-0.39, 0.29) is 17.0 Å². The lowest BCUT2D eigenvalue weighted by Gasteiger charge is -2.29. The lowest BCUT2D eigenvalue weighted by Crippen LogP contribution is -2.38. The minimum atomic E-state index is -0.865. The molecular weight excluding hydrogens is 502 g/mol. The van der Waals surface area contributed by atoms with Gasteiger partial charge in [0, 0.05) is 43.9 Å². The van der Waals surface area contributed by atoms with E-state index in [1.54, 1.807) is 18.2 Å². The summed E-state index contributed by atoms with van der Waals surface area (Å²) in [5.41, 5.74) is 1.58. The molecule has 2 aromatic carbocycles. The van der Waals surface area contributed by atoms with Crippen molar-refractivity contribution in [3.63, 3.8) is 0 Å². The summed E-state index contributed by atoms with van der Waals surface area (Å²) in [6.45, 7) is 8.49. The van der Waals surface area contributed by atoms with Gasteiger partial charge in [0.25, 0.3) is 17.4 Å². The van der Waals surface area contributed by atoms with E-state index in [2.05, 4.69) is 11.8 Å². The molecule has 2 heterocycles. The Morgan fingerprint density at radius 1 is 1.10 bits per heavy atom. The number of ether oxygens (including phenoxy) is 2. The zero-order valence-corrected chi connectivity index (χ0v) is 22.4. The van der Waals surface area contributed by atoms with Gasteiger partial charge in [-0.1, -0.05) is 13.3 Å². The molecular formula is C29H35N3O7. The van der Waals surface area contributed by atoms with Gasteiger partial charge < -0.3 is 19.5 Å². The van der Waals surface area contributed by atoms with Crippen LogP contribution in [0.3, 0.4) is 0 Å². The van der Waals surface area contributed by atoms with Crippen molar-refractivity contribution in [3.8, 4) is 5.75 Å². The summed E-state index contributed by atoms with van der Waals surface area (Å²) in [4.78, 5) is 41.0. The Hall–Kier alpha value is -3.76. The van der Waals surface area contributed by atoms with Gasteiger partial charge in [-0.3, -0.25) is 24.6 Å². The van der Waals surface area contributed by atoms with E-state index < -0.39 is 22.7 Å². The number of benzene rings is 2. The van der Waals surface area contributed by atoms with Gasteiger partial charge >= 0.3 is 0 Å². The predicted octanol–water partition coefficient (Wildman–Crippen LogP) is 4.23. The van der Waals surface area contributed by atoms with Gasteiger partial charge in [0.05, 0.1) is 36.4 Å². The number of nitrogens with zero attached hydrogens (tertiary/aromatic N) is 3. The predicted molar refractivity (Wildman–Crippen MR) is 146 cm³/mol. The third-order valence-electron chi connectivity index (χ3n) is 7.14. The third kappa shape index (κ3) is 6.46. The summed E-state index contributed by atoms with van der Waals surface area (Å²) < 4.78 is 11.2. The molecule has 2 saturated heterocycles. The number of amides is 1. The van der Waals surface area contributed by atoms with Crippen LogP contribution >= 0.6 is 0 Å². The number of hydrogen-bond acceptors (Lipinski definition) is 8. The SMILES string of the molecule is CCCCOc1ccc(C(O)=C2C(=O)C(=O)N(CCCN3CCOCC3)[C@H]2c2ccc([N+](=O)[O-])cc2)cc1C. The number of aryl methyl sites for hydroxylation is 1. The van der Waals surface area contributed by atoms with Crippen molar-refractivity contribution in [3.05, 3.63) is 74.8 Å². The highest BCUT2D eigenvalue weighted by molar-refractivity contribution is 6.46. The molecule has 4 rings (SSSR count). The average molecular weight is 538 g/mol. The van der Waals surface area contributed by atoms with E-state index in [4.69, 9.17) is 9.47 Å². The number of Topliss-reactive ketones (excluding diaryl/α,β-unsaturated/α-hetero) is 1. The largest absolute Gasteiger partial charge is 0.507 e. The van der Waals surface area contributed by atoms with Gasteiger partial charge in [0.1, 0.15) is 11.5 Å². The molecule has 1 amide bonds. The van der Waals surface area contributed by atoms with Gasteiger partial charge in [0.15, 0.2) is 0 Å². The van der Waals surface area contributed by atoms with Crippen molar-refractivity contribution < 1.29 is 29.1 Å². The third-order valence-corrected chi connectivity index (χ3v) is 7.14. The van der Waals surface area contributed by atoms with Crippen LogP contribution in [-0.4, -0.2) is 77.5 Å². The molecule has 10 nitrogen and oxygen atoms in total. The van der Waals surface area contributed by atoms with Gasteiger partial charge in [-0.15, -0.1) is 0 Å². The molecule has 2 aromatic rings. The fourth-order valence-electron chi connectivity index (χ4n) is 4.97. The number of aliphatic hydroxyl groups is 1. The number of nitro groups is 1. The number of ketones is 1. The van der Waals surface area contributed by atoms with E-state index in [9.17, 15) is 24.8 Å². The average Bonchev–Trinajstić information content (AvgIpc) is 3.19. The van der Waals surface area contributed by atoms with Crippen LogP contribution in [0.15, 0.2) is 48.0 Å². The molecule has 0 aliphatic carbocycles. The zero-order chi connectivity index (χ0) is 27.9. The highest BCUT2D eigenvalue weighted by Gasteiger charge is 2.46. The molecule has 1 atom stereocenters. The van der Waals surface area contributed by atoms with Crippen LogP contribution in [0.2, 0.25) is 0 Å². The molecule has 39 heavy (non-hydrogen) atoms. The molecule has 0 saturated carbocycles.